The van der Waals surface area contributed by atoms with Gasteiger partial charge in [0.1, 0.15) is 0 Å². The van der Waals surface area contributed by atoms with Crippen LogP contribution in [-0.4, -0.2) is 111 Å². The molecular weight excluding hydrogens is 531 g/mol. The maximum atomic E-state index is 12.4. The van der Waals surface area contributed by atoms with Crippen LogP contribution in [0.15, 0.2) is 4.99 Å². The van der Waals surface area contributed by atoms with Crippen molar-refractivity contribution in [1.29, 1.82) is 0 Å². The van der Waals surface area contributed by atoms with Gasteiger partial charge >= 0.3 is 0 Å². The summed E-state index contributed by atoms with van der Waals surface area (Å²) in [5, 5.41) is 7.09. The average Bonchev–Trinajstić information content (AvgIpc) is 3.27. The Hall–Kier alpha value is -0.650. The third-order valence-electron chi connectivity index (χ3n) is 7.64. The van der Waals surface area contributed by atoms with Gasteiger partial charge in [-0.15, -0.1) is 24.0 Å². The second kappa shape index (κ2) is 14.0. The van der Waals surface area contributed by atoms with Crippen molar-refractivity contribution >= 4 is 35.8 Å². The molecule has 1 atom stereocenters. The van der Waals surface area contributed by atoms with E-state index in [0.29, 0.717) is 17.9 Å². The summed E-state index contributed by atoms with van der Waals surface area (Å²) >= 11 is 0. The molecule has 0 bridgehead atoms. The van der Waals surface area contributed by atoms with Crippen molar-refractivity contribution in [1.82, 2.24) is 25.3 Å². The number of guanidine groups is 1. The highest BCUT2D eigenvalue weighted by atomic mass is 127. The standard InChI is InChI=1S/C24H44N6O2.HI/c1-2-25-24(27-22-6-10-29(11-7-22)18-20-8-17-32-19-20)26-9-12-28-13-15-30(16-14-28)23(31)21-4-3-5-21;/h20-22H,2-19H2,1H3,(H2,25,26,27);1H. The Bertz CT molecular complexity index is 610. The van der Waals surface area contributed by atoms with Gasteiger partial charge in [-0.2, -0.15) is 0 Å². The van der Waals surface area contributed by atoms with Crippen molar-refractivity contribution in [2.24, 2.45) is 16.8 Å². The Morgan fingerprint density at radius 3 is 2.36 bits per heavy atom. The van der Waals surface area contributed by atoms with Gasteiger partial charge in [-0.1, -0.05) is 6.42 Å². The van der Waals surface area contributed by atoms with E-state index in [4.69, 9.17) is 9.73 Å². The van der Waals surface area contributed by atoms with E-state index in [1.807, 2.05) is 0 Å². The summed E-state index contributed by atoms with van der Waals surface area (Å²) in [6.07, 6.45) is 7.00. The SMILES string of the molecule is CCNC(=NCCN1CCN(C(=O)C2CCC2)CC1)NC1CCN(CC2CCOC2)CC1.I. The van der Waals surface area contributed by atoms with Crippen molar-refractivity contribution < 1.29 is 9.53 Å². The van der Waals surface area contributed by atoms with Crippen LogP contribution in [0.2, 0.25) is 0 Å². The molecule has 8 nitrogen and oxygen atoms in total. The van der Waals surface area contributed by atoms with E-state index < -0.39 is 0 Å². The molecule has 1 unspecified atom stereocenters. The number of halogens is 1. The zero-order valence-corrected chi connectivity index (χ0v) is 22.8. The van der Waals surface area contributed by atoms with Crippen molar-refractivity contribution in [3.8, 4) is 0 Å². The zero-order valence-electron chi connectivity index (χ0n) is 20.5. The maximum absolute atomic E-state index is 12.4. The summed E-state index contributed by atoms with van der Waals surface area (Å²) in [6.45, 7) is 13.9. The van der Waals surface area contributed by atoms with Crippen LogP contribution >= 0.6 is 24.0 Å². The fourth-order valence-corrected chi connectivity index (χ4v) is 5.27. The van der Waals surface area contributed by atoms with Crippen LogP contribution in [0.3, 0.4) is 0 Å². The second-order valence-electron chi connectivity index (χ2n) is 10.0. The molecule has 3 saturated heterocycles. The summed E-state index contributed by atoms with van der Waals surface area (Å²) < 4.78 is 5.53. The first-order valence-electron chi connectivity index (χ1n) is 13.1. The number of nitrogens with one attached hydrogen (secondary N) is 2. The average molecular weight is 577 g/mol. The topological polar surface area (TPSA) is 72.4 Å². The van der Waals surface area contributed by atoms with E-state index in [1.165, 1.54) is 32.2 Å². The molecule has 3 aliphatic heterocycles. The second-order valence-corrected chi connectivity index (χ2v) is 10.0. The minimum absolute atomic E-state index is 0. The first-order chi connectivity index (χ1) is 15.7. The molecule has 0 aromatic heterocycles. The zero-order chi connectivity index (χ0) is 22.2. The highest BCUT2D eigenvalue weighted by Gasteiger charge is 2.31. The Balaban J connectivity index is 0.00000306. The van der Waals surface area contributed by atoms with Crippen LogP contribution < -0.4 is 10.6 Å². The molecule has 4 aliphatic rings. The van der Waals surface area contributed by atoms with E-state index in [1.54, 1.807) is 0 Å². The van der Waals surface area contributed by atoms with Crippen LogP contribution in [0.4, 0.5) is 0 Å². The van der Waals surface area contributed by atoms with E-state index in [-0.39, 0.29) is 24.0 Å². The molecule has 1 aliphatic carbocycles. The lowest BCUT2D eigenvalue weighted by molar-refractivity contribution is -0.139. The van der Waals surface area contributed by atoms with Crippen LogP contribution in [0.1, 0.15) is 45.4 Å². The van der Waals surface area contributed by atoms with Gasteiger partial charge in [0.2, 0.25) is 5.91 Å². The lowest BCUT2D eigenvalue weighted by atomic mass is 9.84. The largest absolute Gasteiger partial charge is 0.381 e. The molecule has 2 N–H and O–H groups in total. The van der Waals surface area contributed by atoms with Crippen LogP contribution in [0, 0.1) is 11.8 Å². The van der Waals surface area contributed by atoms with Gasteiger partial charge in [-0.05, 0) is 44.9 Å². The third-order valence-corrected chi connectivity index (χ3v) is 7.64. The fraction of sp³-hybridized carbons (Fsp3) is 0.917. The number of nitrogens with zero attached hydrogens (tertiary/aromatic N) is 4. The molecule has 190 valence electrons. The van der Waals surface area contributed by atoms with E-state index in [9.17, 15) is 4.79 Å². The number of piperazine rings is 1. The number of likely N-dealkylation sites (tertiary alicyclic amines) is 1. The summed E-state index contributed by atoms with van der Waals surface area (Å²) in [7, 11) is 0. The van der Waals surface area contributed by atoms with Crippen LogP contribution in [0.5, 0.6) is 0 Å². The highest BCUT2D eigenvalue weighted by Crippen LogP contribution is 2.28. The molecule has 0 aromatic carbocycles. The molecule has 9 heteroatoms. The molecule has 4 fully saturated rings. The minimum Gasteiger partial charge on any atom is -0.381 e. The van der Waals surface area contributed by atoms with E-state index in [2.05, 4.69) is 32.3 Å². The van der Waals surface area contributed by atoms with Crippen molar-refractivity contribution in [2.75, 3.05) is 78.7 Å². The number of ether oxygens (including phenoxy) is 1. The minimum atomic E-state index is 0. The summed E-state index contributed by atoms with van der Waals surface area (Å²) in [5.41, 5.74) is 0. The van der Waals surface area contributed by atoms with Gasteiger partial charge in [0, 0.05) is 77.5 Å². The van der Waals surface area contributed by atoms with Gasteiger partial charge in [0.15, 0.2) is 5.96 Å². The van der Waals surface area contributed by atoms with Crippen molar-refractivity contribution in [3.63, 3.8) is 0 Å². The summed E-state index contributed by atoms with van der Waals surface area (Å²) in [5.74, 6) is 2.41. The predicted molar refractivity (Wildman–Crippen MR) is 143 cm³/mol. The Kier molecular flexibility index (Phi) is 11.5. The number of carbonyl (C=O) groups is 1. The third kappa shape index (κ3) is 8.21. The lowest BCUT2D eigenvalue weighted by Crippen LogP contribution is -2.51. The Morgan fingerprint density at radius 1 is 1.00 bits per heavy atom. The maximum Gasteiger partial charge on any atom is 0.225 e. The molecule has 1 saturated carbocycles. The van der Waals surface area contributed by atoms with Gasteiger partial charge in [-0.25, -0.2) is 0 Å². The number of aliphatic imine (C=N–C) groups is 1. The normalized spacial score (nSPS) is 26.0. The quantitative estimate of drug-likeness (QED) is 0.260. The molecule has 0 aromatic rings. The number of hydrogen-bond donors (Lipinski definition) is 2. The summed E-state index contributed by atoms with van der Waals surface area (Å²) in [6, 6.07) is 0.505. The van der Waals surface area contributed by atoms with E-state index in [0.717, 1.165) is 96.8 Å². The monoisotopic (exact) mass is 576 g/mol. The molecule has 4 rings (SSSR count). The van der Waals surface area contributed by atoms with Crippen molar-refractivity contribution in [2.45, 2.75) is 51.5 Å². The molecule has 0 radical (unpaired) electrons. The number of rotatable bonds is 8. The lowest BCUT2D eigenvalue weighted by Gasteiger charge is -2.38. The van der Waals surface area contributed by atoms with Gasteiger partial charge in [0.05, 0.1) is 13.2 Å². The fourth-order valence-electron chi connectivity index (χ4n) is 5.27. The smallest absolute Gasteiger partial charge is 0.225 e. The Morgan fingerprint density at radius 2 is 1.76 bits per heavy atom. The number of amides is 1. The van der Waals surface area contributed by atoms with Crippen LogP contribution in [0.25, 0.3) is 0 Å². The number of carbonyl (C=O) groups excluding carboxylic acids is 1. The number of hydrogen-bond acceptors (Lipinski definition) is 5. The van der Waals surface area contributed by atoms with Gasteiger partial charge in [-0.3, -0.25) is 14.7 Å². The predicted octanol–water partition coefficient (Wildman–Crippen LogP) is 1.60. The number of piperidine rings is 1. The van der Waals surface area contributed by atoms with E-state index >= 15 is 0 Å². The van der Waals surface area contributed by atoms with Gasteiger partial charge < -0.3 is 25.2 Å². The molecule has 1 amide bonds. The molecule has 33 heavy (non-hydrogen) atoms. The molecular formula is C24H45IN6O2. The van der Waals surface area contributed by atoms with Crippen molar-refractivity contribution in [3.05, 3.63) is 0 Å². The molecule has 3 heterocycles. The highest BCUT2D eigenvalue weighted by molar-refractivity contribution is 14.0. The Labute approximate surface area is 217 Å². The van der Waals surface area contributed by atoms with Gasteiger partial charge in [0.25, 0.3) is 0 Å². The van der Waals surface area contributed by atoms with Crippen LogP contribution in [-0.2, 0) is 9.53 Å². The first kappa shape index (κ1) is 26.9. The molecule has 0 spiro atoms. The summed E-state index contributed by atoms with van der Waals surface area (Å²) in [4.78, 5) is 24.4. The first-order valence-corrected chi connectivity index (χ1v) is 13.1.